The van der Waals surface area contributed by atoms with Crippen LogP contribution in [0.3, 0.4) is 0 Å². The third-order valence-electron chi connectivity index (χ3n) is 2.67. The molecule has 0 heterocycles. The van der Waals surface area contributed by atoms with Crippen molar-refractivity contribution in [1.82, 2.24) is 0 Å². The SMILES string of the molecule is NC(=NO)c1cc(Cl)ccc1OCc1ccccc1F. The molecule has 0 saturated heterocycles. The lowest BCUT2D eigenvalue weighted by atomic mass is 10.2. The number of nitrogens with zero attached hydrogens (tertiary/aromatic N) is 1. The van der Waals surface area contributed by atoms with Gasteiger partial charge in [0.1, 0.15) is 18.2 Å². The van der Waals surface area contributed by atoms with Gasteiger partial charge in [-0.1, -0.05) is 35.0 Å². The maximum Gasteiger partial charge on any atom is 0.173 e. The molecular formula is C14H12ClFN2O2. The van der Waals surface area contributed by atoms with Gasteiger partial charge in [0.05, 0.1) is 5.56 Å². The minimum Gasteiger partial charge on any atom is -0.488 e. The Morgan fingerprint density at radius 3 is 2.75 bits per heavy atom. The number of hydrogen-bond donors (Lipinski definition) is 2. The molecule has 20 heavy (non-hydrogen) atoms. The molecule has 2 rings (SSSR count). The summed E-state index contributed by atoms with van der Waals surface area (Å²) in [5.41, 5.74) is 6.30. The number of oxime groups is 1. The quantitative estimate of drug-likeness (QED) is 0.394. The van der Waals surface area contributed by atoms with Crippen molar-refractivity contribution in [3.8, 4) is 5.75 Å². The number of rotatable bonds is 4. The van der Waals surface area contributed by atoms with Crippen LogP contribution < -0.4 is 10.5 Å². The van der Waals surface area contributed by atoms with Crippen LogP contribution in [0, 0.1) is 5.82 Å². The average Bonchev–Trinajstić information content (AvgIpc) is 2.46. The largest absolute Gasteiger partial charge is 0.488 e. The Hall–Kier alpha value is -2.27. The van der Waals surface area contributed by atoms with E-state index in [9.17, 15) is 4.39 Å². The van der Waals surface area contributed by atoms with Crippen molar-refractivity contribution in [2.75, 3.05) is 0 Å². The van der Waals surface area contributed by atoms with Crippen molar-refractivity contribution < 1.29 is 14.3 Å². The molecule has 0 aliphatic rings. The Balaban J connectivity index is 2.24. The molecule has 4 nitrogen and oxygen atoms in total. The van der Waals surface area contributed by atoms with Crippen molar-refractivity contribution in [2.45, 2.75) is 6.61 Å². The fourth-order valence-corrected chi connectivity index (χ4v) is 1.83. The smallest absolute Gasteiger partial charge is 0.173 e. The number of halogens is 2. The second-order valence-corrected chi connectivity index (χ2v) is 4.44. The van der Waals surface area contributed by atoms with Crippen LogP contribution in [0.2, 0.25) is 5.02 Å². The highest BCUT2D eigenvalue weighted by Gasteiger charge is 2.10. The molecule has 3 N–H and O–H groups in total. The lowest BCUT2D eigenvalue weighted by molar-refractivity contribution is 0.297. The van der Waals surface area contributed by atoms with Crippen LogP contribution in [0.5, 0.6) is 5.75 Å². The summed E-state index contributed by atoms with van der Waals surface area (Å²) in [7, 11) is 0. The van der Waals surface area contributed by atoms with Gasteiger partial charge in [-0.3, -0.25) is 0 Å². The lowest BCUT2D eigenvalue weighted by Crippen LogP contribution is -2.15. The van der Waals surface area contributed by atoms with Crippen molar-refractivity contribution >= 4 is 17.4 Å². The molecule has 0 amide bonds. The number of nitrogens with two attached hydrogens (primary N) is 1. The summed E-state index contributed by atoms with van der Waals surface area (Å²) in [6, 6.07) is 11.0. The Bertz CT molecular complexity index is 647. The number of amidine groups is 1. The molecule has 0 radical (unpaired) electrons. The van der Waals surface area contributed by atoms with E-state index in [1.165, 1.54) is 12.1 Å². The Morgan fingerprint density at radius 1 is 1.30 bits per heavy atom. The summed E-state index contributed by atoms with van der Waals surface area (Å²) in [5, 5.41) is 12.1. The van der Waals surface area contributed by atoms with E-state index in [0.29, 0.717) is 21.9 Å². The standard InChI is InChI=1S/C14H12ClFN2O2/c15-10-5-6-13(11(7-10)14(17)18-19)20-8-9-3-1-2-4-12(9)16/h1-7,19H,8H2,(H2,17,18). The number of hydrogen-bond acceptors (Lipinski definition) is 3. The van der Waals surface area contributed by atoms with Crippen molar-refractivity contribution in [3.05, 3.63) is 64.4 Å². The Morgan fingerprint density at radius 2 is 2.05 bits per heavy atom. The normalized spacial score (nSPS) is 11.4. The molecule has 0 saturated carbocycles. The predicted octanol–water partition coefficient (Wildman–Crippen LogP) is 3.15. The van der Waals surface area contributed by atoms with Gasteiger partial charge < -0.3 is 15.7 Å². The summed E-state index contributed by atoms with van der Waals surface area (Å²) >= 11 is 5.85. The molecule has 0 aliphatic carbocycles. The van der Waals surface area contributed by atoms with E-state index in [1.54, 1.807) is 30.3 Å². The van der Waals surface area contributed by atoms with Crippen molar-refractivity contribution in [2.24, 2.45) is 10.9 Å². The topological polar surface area (TPSA) is 67.8 Å². The fraction of sp³-hybridized carbons (Fsp3) is 0.0714. The van der Waals surface area contributed by atoms with Crippen molar-refractivity contribution in [3.63, 3.8) is 0 Å². The zero-order chi connectivity index (χ0) is 14.5. The third kappa shape index (κ3) is 3.19. The minimum absolute atomic E-state index is 0.0278. The first-order chi connectivity index (χ1) is 9.61. The summed E-state index contributed by atoms with van der Waals surface area (Å²) in [5.74, 6) is -0.129. The highest BCUT2D eigenvalue weighted by atomic mass is 35.5. The van der Waals surface area contributed by atoms with E-state index in [1.807, 2.05) is 0 Å². The minimum atomic E-state index is -0.355. The molecule has 0 bridgehead atoms. The monoisotopic (exact) mass is 294 g/mol. The first kappa shape index (κ1) is 14.1. The van der Waals surface area contributed by atoms with E-state index in [-0.39, 0.29) is 18.3 Å². The van der Waals surface area contributed by atoms with Crippen molar-refractivity contribution in [1.29, 1.82) is 0 Å². The highest BCUT2D eigenvalue weighted by Crippen LogP contribution is 2.24. The number of ether oxygens (including phenoxy) is 1. The van der Waals surface area contributed by atoms with Gasteiger partial charge in [0.15, 0.2) is 5.84 Å². The predicted molar refractivity (Wildman–Crippen MR) is 74.7 cm³/mol. The molecule has 0 fully saturated rings. The van der Waals surface area contributed by atoms with Gasteiger partial charge in [-0.2, -0.15) is 0 Å². The van der Waals surface area contributed by atoms with Crippen LogP contribution in [0.15, 0.2) is 47.6 Å². The second kappa shape index (κ2) is 6.25. The zero-order valence-corrected chi connectivity index (χ0v) is 11.1. The fourth-order valence-electron chi connectivity index (χ4n) is 1.65. The zero-order valence-electron chi connectivity index (χ0n) is 10.4. The van der Waals surface area contributed by atoms with Gasteiger partial charge >= 0.3 is 0 Å². The van der Waals surface area contributed by atoms with Crippen LogP contribution in [-0.2, 0) is 6.61 Å². The van der Waals surface area contributed by atoms with Gasteiger partial charge in [0.2, 0.25) is 0 Å². The molecule has 2 aromatic rings. The van der Waals surface area contributed by atoms with Gasteiger partial charge in [0, 0.05) is 10.6 Å². The summed E-state index contributed by atoms with van der Waals surface area (Å²) in [6.07, 6.45) is 0. The maximum absolute atomic E-state index is 13.5. The van der Waals surface area contributed by atoms with E-state index >= 15 is 0 Å². The summed E-state index contributed by atoms with van der Waals surface area (Å²) < 4.78 is 19.0. The Kier molecular flexibility index (Phi) is 4.42. The van der Waals surface area contributed by atoms with Crippen LogP contribution in [0.25, 0.3) is 0 Å². The molecule has 0 spiro atoms. The van der Waals surface area contributed by atoms with Gasteiger partial charge in [-0.25, -0.2) is 4.39 Å². The molecule has 2 aromatic carbocycles. The maximum atomic E-state index is 13.5. The molecule has 0 aliphatic heterocycles. The second-order valence-electron chi connectivity index (χ2n) is 4.01. The van der Waals surface area contributed by atoms with Gasteiger partial charge in [-0.15, -0.1) is 0 Å². The molecular weight excluding hydrogens is 283 g/mol. The molecule has 6 heteroatoms. The first-order valence-corrected chi connectivity index (χ1v) is 6.13. The first-order valence-electron chi connectivity index (χ1n) is 5.75. The molecule has 0 unspecified atom stereocenters. The van der Waals surface area contributed by atoms with Gasteiger partial charge in [-0.05, 0) is 24.3 Å². The Labute approximate surface area is 120 Å². The van der Waals surface area contributed by atoms with Crippen LogP contribution in [0.1, 0.15) is 11.1 Å². The summed E-state index contributed by atoms with van der Waals surface area (Å²) in [6.45, 7) is 0.0278. The van der Waals surface area contributed by atoms with E-state index in [4.69, 9.17) is 27.3 Å². The van der Waals surface area contributed by atoms with Gasteiger partial charge in [0.25, 0.3) is 0 Å². The van der Waals surface area contributed by atoms with E-state index < -0.39 is 0 Å². The lowest BCUT2D eigenvalue weighted by Gasteiger charge is -2.11. The number of benzene rings is 2. The van der Waals surface area contributed by atoms with Crippen LogP contribution >= 0.6 is 11.6 Å². The van der Waals surface area contributed by atoms with E-state index in [0.717, 1.165) is 0 Å². The summed E-state index contributed by atoms with van der Waals surface area (Å²) in [4.78, 5) is 0. The van der Waals surface area contributed by atoms with Crippen LogP contribution in [0.4, 0.5) is 4.39 Å². The third-order valence-corrected chi connectivity index (χ3v) is 2.90. The highest BCUT2D eigenvalue weighted by molar-refractivity contribution is 6.31. The van der Waals surface area contributed by atoms with Crippen LogP contribution in [-0.4, -0.2) is 11.0 Å². The average molecular weight is 295 g/mol. The molecule has 0 aromatic heterocycles. The molecule has 0 atom stereocenters. The molecule has 104 valence electrons. The van der Waals surface area contributed by atoms with E-state index in [2.05, 4.69) is 5.16 Å².